The molecule has 8 heteroatoms. The van der Waals surface area contributed by atoms with Crippen molar-refractivity contribution in [2.75, 3.05) is 0 Å². The van der Waals surface area contributed by atoms with Crippen molar-refractivity contribution in [2.24, 2.45) is 0 Å². The zero-order valence-corrected chi connectivity index (χ0v) is 12.7. The lowest BCUT2D eigenvalue weighted by Gasteiger charge is -2.07. The summed E-state index contributed by atoms with van der Waals surface area (Å²) in [5.41, 5.74) is 0.497. The van der Waals surface area contributed by atoms with Crippen molar-refractivity contribution in [1.82, 2.24) is 9.78 Å². The second-order valence-electron chi connectivity index (χ2n) is 4.06. The second-order valence-corrected chi connectivity index (χ2v) is 5.79. The maximum absolute atomic E-state index is 13.7. The van der Waals surface area contributed by atoms with Crippen LogP contribution in [0.4, 0.5) is 4.39 Å². The molecular formula is C12H5BrCl2FN3O. The molecule has 20 heavy (non-hydrogen) atoms. The van der Waals surface area contributed by atoms with Crippen LogP contribution in [-0.4, -0.2) is 9.78 Å². The van der Waals surface area contributed by atoms with Crippen molar-refractivity contribution in [3.63, 3.8) is 0 Å². The van der Waals surface area contributed by atoms with E-state index in [9.17, 15) is 9.60 Å². The van der Waals surface area contributed by atoms with Crippen molar-refractivity contribution >= 4 is 50.0 Å². The Balaban J connectivity index is 2.28. The first kappa shape index (κ1) is 13.6. The molecule has 0 amide bonds. The van der Waals surface area contributed by atoms with E-state index < -0.39 is 5.82 Å². The largest absolute Gasteiger partial charge is 0.619 e. The highest BCUT2D eigenvalue weighted by molar-refractivity contribution is 9.10. The van der Waals surface area contributed by atoms with Crippen LogP contribution in [0.3, 0.4) is 0 Å². The van der Waals surface area contributed by atoms with Crippen LogP contribution in [0.5, 0.6) is 0 Å². The fourth-order valence-corrected chi connectivity index (χ4v) is 3.26. The number of aromatic nitrogens is 3. The first-order chi connectivity index (χ1) is 9.45. The Morgan fingerprint density at radius 1 is 1.25 bits per heavy atom. The molecular weight excluding hydrogens is 372 g/mol. The van der Waals surface area contributed by atoms with Crippen LogP contribution < -0.4 is 4.73 Å². The van der Waals surface area contributed by atoms with E-state index in [1.807, 2.05) is 0 Å². The molecule has 0 aliphatic rings. The first-order valence-electron chi connectivity index (χ1n) is 5.38. The summed E-state index contributed by atoms with van der Waals surface area (Å²) < 4.78 is 16.1. The molecule has 0 spiro atoms. The average molecular weight is 377 g/mol. The summed E-state index contributed by atoms with van der Waals surface area (Å²) in [6.45, 7) is 0. The molecule has 4 nitrogen and oxygen atoms in total. The maximum atomic E-state index is 13.7. The van der Waals surface area contributed by atoms with E-state index in [0.717, 1.165) is 10.7 Å². The molecule has 0 saturated heterocycles. The third kappa shape index (κ3) is 2.24. The molecule has 2 heterocycles. The molecule has 0 atom stereocenters. The SMILES string of the molecule is [O-][n+]1cc(F)c2nn(-c3c(Cl)cc(Br)cc3Cl)cc2c1. The van der Waals surface area contributed by atoms with Gasteiger partial charge >= 0.3 is 0 Å². The van der Waals surface area contributed by atoms with Gasteiger partial charge in [-0.15, -0.1) is 0 Å². The Bertz CT molecular complexity index is 814. The zero-order chi connectivity index (χ0) is 14.4. The van der Waals surface area contributed by atoms with Crippen LogP contribution in [0.1, 0.15) is 0 Å². The third-order valence-electron chi connectivity index (χ3n) is 2.69. The predicted molar refractivity (Wildman–Crippen MR) is 77.7 cm³/mol. The van der Waals surface area contributed by atoms with E-state index in [2.05, 4.69) is 21.0 Å². The van der Waals surface area contributed by atoms with Gasteiger partial charge in [-0.2, -0.15) is 14.2 Å². The smallest absolute Gasteiger partial charge is 0.218 e. The number of rotatable bonds is 1. The number of hydrogen-bond donors (Lipinski definition) is 0. The van der Waals surface area contributed by atoms with Gasteiger partial charge in [-0.3, -0.25) is 0 Å². The fourth-order valence-electron chi connectivity index (χ4n) is 1.88. The van der Waals surface area contributed by atoms with Gasteiger partial charge in [-0.1, -0.05) is 39.1 Å². The summed E-state index contributed by atoms with van der Waals surface area (Å²) in [5.74, 6) is -0.708. The first-order valence-corrected chi connectivity index (χ1v) is 6.93. The minimum absolute atomic E-state index is 0.0761. The molecule has 0 unspecified atom stereocenters. The van der Waals surface area contributed by atoms with Crippen LogP contribution in [0.15, 0.2) is 35.2 Å². The Morgan fingerprint density at radius 3 is 2.55 bits per heavy atom. The molecule has 0 saturated carbocycles. The highest BCUT2D eigenvalue weighted by atomic mass is 79.9. The van der Waals surface area contributed by atoms with Gasteiger partial charge in [-0.25, -0.2) is 4.68 Å². The van der Waals surface area contributed by atoms with Crippen molar-refractivity contribution < 1.29 is 9.12 Å². The van der Waals surface area contributed by atoms with Crippen LogP contribution in [0, 0.1) is 11.0 Å². The lowest BCUT2D eigenvalue weighted by molar-refractivity contribution is -0.605. The summed E-state index contributed by atoms with van der Waals surface area (Å²) >= 11 is 15.5. The van der Waals surface area contributed by atoms with Gasteiger partial charge in [0.15, 0.2) is 6.20 Å². The molecule has 3 rings (SSSR count). The number of nitrogens with zero attached hydrogens (tertiary/aromatic N) is 3. The Labute approximate surface area is 131 Å². The number of halogens is 4. The molecule has 0 aliphatic heterocycles. The summed E-state index contributed by atoms with van der Waals surface area (Å²) in [5, 5.41) is 16.4. The monoisotopic (exact) mass is 375 g/mol. The predicted octanol–water partition coefficient (Wildman–Crippen LogP) is 3.87. The van der Waals surface area contributed by atoms with Gasteiger partial charge in [-0.05, 0) is 12.1 Å². The summed E-state index contributed by atoms with van der Waals surface area (Å²) in [6.07, 6.45) is 3.53. The highest BCUT2D eigenvalue weighted by Crippen LogP contribution is 2.32. The Morgan fingerprint density at radius 2 is 1.90 bits per heavy atom. The third-order valence-corrected chi connectivity index (χ3v) is 3.72. The van der Waals surface area contributed by atoms with E-state index in [1.54, 1.807) is 12.1 Å². The topological polar surface area (TPSA) is 44.8 Å². The van der Waals surface area contributed by atoms with E-state index >= 15 is 0 Å². The van der Waals surface area contributed by atoms with E-state index in [1.165, 1.54) is 17.1 Å². The minimum Gasteiger partial charge on any atom is -0.619 e. The van der Waals surface area contributed by atoms with E-state index in [4.69, 9.17) is 23.2 Å². The number of pyridine rings is 1. The number of benzene rings is 1. The van der Waals surface area contributed by atoms with Crippen molar-refractivity contribution in [3.05, 3.63) is 56.3 Å². The van der Waals surface area contributed by atoms with Gasteiger partial charge in [0, 0.05) is 10.7 Å². The molecule has 0 N–H and O–H groups in total. The molecule has 0 bridgehead atoms. The molecule has 102 valence electrons. The van der Waals surface area contributed by atoms with Crippen molar-refractivity contribution in [1.29, 1.82) is 0 Å². The Kier molecular flexibility index (Phi) is 3.32. The van der Waals surface area contributed by atoms with Crippen LogP contribution in [0.25, 0.3) is 16.6 Å². The van der Waals surface area contributed by atoms with Gasteiger partial charge < -0.3 is 5.21 Å². The normalized spacial score (nSPS) is 11.2. The fraction of sp³-hybridized carbons (Fsp3) is 0. The number of hydrogen-bond acceptors (Lipinski definition) is 2. The summed E-state index contributed by atoms with van der Waals surface area (Å²) in [7, 11) is 0. The summed E-state index contributed by atoms with van der Waals surface area (Å²) in [6, 6.07) is 3.30. The van der Waals surface area contributed by atoms with Crippen LogP contribution >= 0.6 is 39.1 Å². The van der Waals surface area contributed by atoms with Gasteiger partial charge in [0.2, 0.25) is 12.0 Å². The van der Waals surface area contributed by atoms with Crippen LogP contribution in [-0.2, 0) is 0 Å². The molecule has 0 fully saturated rings. The molecule has 0 radical (unpaired) electrons. The van der Waals surface area contributed by atoms with E-state index in [-0.39, 0.29) is 5.52 Å². The highest BCUT2D eigenvalue weighted by Gasteiger charge is 2.16. The minimum atomic E-state index is -0.708. The lowest BCUT2D eigenvalue weighted by atomic mass is 10.3. The lowest BCUT2D eigenvalue weighted by Crippen LogP contribution is -2.24. The molecule has 3 aromatic rings. The second kappa shape index (κ2) is 4.87. The average Bonchev–Trinajstić information content (AvgIpc) is 2.71. The van der Waals surface area contributed by atoms with Gasteiger partial charge in [0.1, 0.15) is 11.2 Å². The van der Waals surface area contributed by atoms with Crippen molar-refractivity contribution in [3.8, 4) is 5.69 Å². The quantitative estimate of drug-likeness (QED) is 0.478. The van der Waals surface area contributed by atoms with E-state index in [0.29, 0.717) is 25.8 Å². The number of fused-ring (bicyclic) bond motifs is 1. The van der Waals surface area contributed by atoms with Gasteiger partial charge in [0.05, 0.1) is 15.4 Å². The van der Waals surface area contributed by atoms with Crippen molar-refractivity contribution in [2.45, 2.75) is 0 Å². The zero-order valence-electron chi connectivity index (χ0n) is 9.65. The maximum Gasteiger partial charge on any atom is 0.218 e. The molecule has 2 aromatic heterocycles. The Hall–Kier alpha value is -1.37. The standard InChI is InChI=1S/C12H5BrCl2FN3O/c13-7-1-8(14)12(9(15)2-7)19-4-6-3-18(20)5-10(16)11(6)17-19/h1-5H. The summed E-state index contributed by atoms with van der Waals surface area (Å²) in [4.78, 5) is 0. The van der Waals surface area contributed by atoms with Gasteiger partial charge in [0.25, 0.3) is 0 Å². The van der Waals surface area contributed by atoms with Crippen LogP contribution in [0.2, 0.25) is 10.0 Å². The molecule has 1 aromatic carbocycles. The molecule has 0 aliphatic carbocycles.